The zero-order valence-corrected chi connectivity index (χ0v) is 32.5. The van der Waals surface area contributed by atoms with E-state index in [2.05, 4.69) is 77.8 Å². The number of pyridine rings is 1. The van der Waals surface area contributed by atoms with Crippen LogP contribution < -0.4 is 0 Å². The van der Waals surface area contributed by atoms with Crippen LogP contribution in [0.4, 0.5) is 0 Å². The van der Waals surface area contributed by atoms with Crippen LogP contribution in [0.15, 0.2) is 200 Å². The van der Waals surface area contributed by atoms with E-state index in [1.165, 1.54) is 31.8 Å². The highest BCUT2D eigenvalue weighted by molar-refractivity contribution is 7.26. The van der Waals surface area contributed by atoms with Gasteiger partial charge in [-0.05, 0) is 88.9 Å². The van der Waals surface area contributed by atoms with Crippen LogP contribution >= 0.6 is 11.3 Å². The van der Waals surface area contributed by atoms with Crippen molar-refractivity contribution >= 4 is 64.2 Å². The summed E-state index contributed by atoms with van der Waals surface area (Å²) in [6.07, 6.45) is 1.75. The lowest BCUT2D eigenvalue weighted by atomic mass is 9.99. The molecule has 8 aromatic carbocycles. The predicted molar refractivity (Wildman–Crippen MR) is 250 cm³/mol. The lowest BCUT2D eigenvalue weighted by Crippen LogP contribution is -2.03. The van der Waals surface area contributed by atoms with Crippen LogP contribution in [0, 0.1) is 0 Å². The van der Waals surface area contributed by atoms with Gasteiger partial charge in [0.2, 0.25) is 0 Å². The molecule has 0 N–H and O–H groups in total. The maximum absolute atomic E-state index is 9.17. The summed E-state index contributed by atoms with van der Waals surface area (Å²) in [5.41, 5.74) is 7.85. The van der Waals surface area contributed by atoms with Crippen LogP contribution in [-0.2, 0) is 0 Å². The van der Waals surface area contributed by atoms with E-state index in [0.717, 1.165) is 38.7 Å². The standard InChI is InChI=1S/C54H33N5S/c1-2-13-34(14-3-1)35-27-29-50-45(33-35)43-22-11-21-40(51(43)60-50)36-15-10-16-38(31-36)52-56-53(39-26-28-46-37(32-39)17-12-30-55-46)58-54(57-52)44-20-6-9-25-49(44)59-47-23-7-4-18-41(47)42-19-5-8-24-48(42)59/h1-33H/i4D,5D,7D,18D,19D,23D,24D. The number of hydrogen-bond acceptors (Lipinski definition) is 5. The molecule has 0 fully saturated rings. The SMILES string of the molecule is [2H]c1cc([2H])c2c(c1[2H])c1c([2H])c([2H])c([2H])c([2H])c1n2-c1ccccc1-c1nc(-c2cccc(-c3cccc4c3sc3ccc(-c5ccccc5)cc34)c2)nc(-c2ccc3ncccc3c2)n1. The minimum absolute atomic E-state index is 0.0623. The maximum Gasteiger partial charge on any atom is 0.166 e. The normalized spacial score (nSPS) is 13.3. The number of benzene rings is 8. The molecular weight excluding hydrogens is 751 g/mol. The molecule has 12 aromatic rings. The number of fused-ring (bicyclic) bond motifs is 7. The van der Waals surface area contributed by atoms with Crippen molar-refractivity contribution in [1.29, 1.82) is 0 Å². The van der Waals surface area contributed by atoms with E-state index in [1.807, 2.05) is 60.7 Å². The van der Waals surface area contributed by atoms with E-state index in [1.54, 1.807) is 34.2 Å². The van der Waals surface area contributed by atoms with Crippen molar-refractivity contribution in [3.63, 3.8) is 0 Å². The van der Waals surface area contributed by atoms with Gasteiger partial charge in [-0.3, -0.25) is 4.98 Å². The van der Waals surface area contributed by atoms with Crippen LogP contribution in [0.2, 0.25) is 0 Å². The molecule has 0 bridgehead atoms. The quantitative estimate of drug-likeness (QED) is 0.168. The summed E-state index contributed by atoms with van der Waals surface area (Å²) in [4.78, 5) is 19.9. The Bertz CT molecular complexity index is 4040. The van der Waals surface area contributed by atoms with E-state index in [-0.39, 0.29) is 57.8 Å². The summed E-state index contributed by atoms with van der Waals surface area (Å²) < 4.78 is 66.0. The lowest BCUT2D eigenvalue weighted by Gasteiger charge is -2.15. The molecule has 0 aliphatic rings. The molecule has 0 aliphatic heterocycles. The van der Waals surface area contributed by atoms with Crippen molar-refractivity contribution in [2.24, 2.45) is 0 Å². The predicted octanol–water partition coefficient (Wildman–Crippen LogP) is 14.2. The first kappa shape index (κ1) is 27.8. The molecule has 6 heteroatoms. The maximum atomic E-state index is 9.17. The van der Waals surface area contributed by atoms with Gasteiger partial charge in [-0.25, -0.2) is 15.0 Å². The highest BCUT2D eigenvalue weighted by Crippen LogP contribution is 2.42. The minimum atomic E-state index is -0.466. The first-order valence-electron chi connectivity index (χ1n) is 23.0. The van der Waals surface area contributed by atoms with E-state index in [9.17, 15) is 0 Å². The Hall–Kier alpha value is -7.80. The average Bonchev–Trinajstić information content (AvgIpc) is 3.94. The van der Waals surface area contributed by atoms with Crippen LogP contribution in [0.25, 0.3) is 115 Å². The second kappa shape index (κ2) is 13.9. The van der Waals surface area contributed by atoms with Crippen LogP contribution in [0.3, 0.4) is 0 Å². The zero-order chi connectivity index (χ0) is 45.7. The minimum Gasteiger partial charge on any atom is -0.309 e. The fourth-order valence-corrected chi connectivity index (χ4v) is 9.42. The van der Waals surface area contributed by atoms with E-state index in [0.29, 0.717) is 22.9 Å². The van der Waals surface area contributed by atoms with Crippen LogP contribution in [0.1, 0.15) is 9.60 Å². The number of aromatic nitrogens is 5. The molecule has 0 atom stereocenters. The van der Waals surface area contributed by atoms with Gasteiger partial charge in [0.15, 0.2) is 17.5 Å². The monoisotopic (exact) mass is 790 g/mol. The van der Waals surface area contributed by atoms with Crippen molar-refractivity contribution in [3.8, 4) is 62.1 Å². The largest absolute Gasteiger partial charge is 0.309 e. The molecule has 60 heavy (non-hydrogen) atoms. The van der Waals surface area contributed by atoms with Gasteiger partial charge in [0.1, 0.15) is 0 Å². The highest BCUT2D eigenvalue weighted by Gasteiger charge is 2.20. The smallest absolute Gasteiger partial charge is 0.166 e. The van der Waals surface area contributed by atoms with Gasteiger partial charge in [-0.15, -0.1) is 11.3 Å². The summed E-state index contributed by atoms with van der Waals surface area (Å²) >= 11 is 1.77. The summed E-state index contributed by atoms with van der Waals surface area (Å²) in [5, 5.41) is 3.44. The molecule has 12 rings (SSSR count). The molecule has 0 aliphatic carbocycles. The topological polar surface area (TPSA) is 56.5 Å². The second-order valence-corrected chi connectivity index (χ2v) is 15.6. The number of rotatable bonds is 6. The van der Waals surface area contributed by atoms with E-state index < -0.39 is 12.1 Å². The van der Waals surface area contributed by atoms with Crippen LogP contribution in [-0.4, -0.2) is 24.5 Å². The van der Waals surface area contributed by atoms with Gasteiger partial charge in [-0.2, -0.15) is 0 Å². The summed E-state index contributed by atoms with van der Waals surface area (Å²) in [6, 6.07) is 47.7. The van der Waals surface area contributed by atoms with Crippen molar-refractivity contribution in [1.82, 2.24) is 24.5 Å². The van der Waals surface area contributed by atoms with Crippen molar-refractivity contribution < 1.29 is 9.60 Å². The number of nitrogens with zero attached hydrogens (tertiary/aromatic N) is 5. The van der Waals surface area contributed by atoms with Crippen molar-refractivity contribution in [3.05, 3.63) is 200 Å². The van der Waals surface area contributed by atoms with Crippen molar-refractivity contribution in [2.75, 3.05) is 0 Å². The molecule has 0 radical (unpaired) electrons. The van der Waals surface area contributed by atoms with Crippen molar-refractivity contribution in [2.45, 2.75) is 0 Å². The lowest BCUT2D eigenvalue weighted by molar-refractivity contribution is 1.06. The Morgan fingerprint density at radius 2 is 1.17 bits per heavy atom. The van der Waals surface area contributed by atoms with Gasteiger partial charge in [-0.1, -0.05) is 127 Å². The average molecular weight is 791 g/mol. The first-order valence-corrected chi connectivity index (χ1v) is 20.3. The van der Waals surface area contributed by atoms with Gasteiger partial charge >= 0.3 is 0 Å². The Kier molecular flexibility index (Phi) is 6.45. The molecule has 0 unspecified atom stereocenters. The Labute approximate surface area is 359 Å². The molecule has 0 saturated heterocycles. The van der Waals surface area contributed by atoms with E-state index >= 15 is 0 Å². The summed E-state index contributed by atoms with van der Waals surface area (Å²) in [7, 11) is 0. The fraction of sp³-hybridized carbons (Fsp3) is 0. The molecule has 280 valence electrons. The number of thiophene rings is 1. The zero-order valence-electron chi connectivity index (χ0n) is 38.7. The highest BCUT2D eigenvalue weighted by atomic mass is 32.1. The Morgan fingerprint density at radius 3 is 2.08 bits per heavy atom. The third-order valence-electron chi connectivity index (χ3n) is 11.0. The third-order valence-corrected chi connectivity index (χ3v) is 12.2. The van der Waals surface area contributed by atoms with Gasteiger partial charge in [0.25, 0.3) is 0 Å². The fourth-order valence-electron chi connectivity index (χ4n) is 8.20. The number of hydrogen-bond donors (Lipinski definition) is 0. The van der Waals surface area contributed by atoms with Gasteiger partial charge < -0.3 is 4.57 Å². The summed E-state index contributed by atoms with van der Waals surface area (Å²) in [5.74, 6) is 1.07. The Morgan fingerprint density at radius 1 is 0.450 bits per heavy atom. The molecule has 0 saturated carbocycles. The first-order chi connectivity index (χ1) is 32.6. The molecule has 5 nitrogen and oxygen atoms in total. The second-order valence-electron chi connectivity index (χ2n) is 14.5. The van der Waals surface area contributed by atoms with E-state index in [4.69, 9.17) is 24.5 Å². The third kappa shape index (κ3) is 5.69. The van der Waals surface area contributed by atoms with Crippen LogP contribution in [0.5, 0.6) is 0 Å². The molecule has 4 aromatic heterocycles. The summed E-state index contributed by atoms with van der Waals surface area (Å²) in [6.45, 7) is 0. The number of para-hydroxylation sites is 3. The molecule has 4 heterocycles. The molecule has 0 amide bonds. The molecule has 0 spiro atoms. The molecular formula is C54H33N5S. The van der Waals surface area contributed by atoms with Gasteiger partial charge in [0, 0.05) is 59.2 Å². The van der Waals surface area contributed by atoms with Gasteiger partial charge in [0.05, 0.1) is 31.8 Å². The Balaban J connectivity index is 1.08.